The smallest absolute Gasteiger partial charge is 0.232 e. The summed E-state index contributed by atoms with van der Waals surface area (Å²) < 4.78 is 43.9. The van der Waals surface area contributed by atoms with Crippen molar-refractivity contribution in [1.82, 2.24) is 0 Å². The zero-order valence-corrected chi connectivity index (χ0v) is 18.1. The van der Waals surface area contributed by atoms with Crippen LogP contribution < -0.4 is 13.8 Å². The molecule has 0 saturated carbocycles. The summed E-state index contributed by atoms with van der Waals surface area (Å²) >= 11 is 0. The van der Waals surface area contributed by atoms with Crippen LogP contribution in [0.15, 0.2) is 78.9 Å². The molecule has 1 heterocycles. The molecule has 162 valence electrons. The van der Waals surface area contributed by atoms with E-state index in [-0.39, 0.29) is 12.6 Å². The van der Waals surface area contributed by atoms with E-state index in [1.165, 1.54) is 10.6 Å². The van der Waals surface area contributed by atoms with Crippen LogP contribution in [0.1, 0.15) is 11.1 Å². The first-order valence-electron chi connectivity index (χ1n) is 10.1. The summed E-state index contributed by atoms with van der Waals surface area (Å²) in [6, 6.07) is 24.5. The Labute approximate surface area is 183 Å². The Morgan fingerprint density at radius 3 is 2.19 bits per heavy atom. The lowest BCUT2D eigenvalue weighted by molar-refractivity contribution is 0.262. The van der Waals surface area contributed by atoms with E-state index in [9.17, 15) is 8.42 Å². The fraction of sp³-hybridized carbons (Fsp3) is 0.250. The highest BCUT2D eigenvalue weighted by Gasteiger charge is 2.25. The highest BCUT2D eigenvalue weighted by Crippen LogP contribution is 2.36. The maximum atomic E-state index is 12.8. The topological polar surface area (TPSA) is 68.4 Å². The molecular weight excluding hydrogens is 414 g/mol. The lowest BCUT2D eigenvalue weighted by atomic mass is 10.2. The Morgan fingerprint density at radius 2 is 1.58 bits per heavy atom. The van der Waals surface area contributed by atoms with Crippen LogP contribution >= 0.6 is 0 Å². The van der Waals surface area contributed by atoms with Crippen LogP contribution in [0.2, 0.25) is 0 Å². The molecule has 1 aliphatic rings. The van der Waals surface area contributed by atoms with Crippen molar-refractivity contribution in [3.8, 4) is 11.5 Å². The van der Waals surface area contributed by atoms with Gasteiger partial charge in [-0.05, 0) is 23.3 Å². The lowest BCUT2D eigenvalue weighted by Gasteiger charge is -2.25. The molecule has 31 heavy (non-hydrogen) atoms. The molecule has 0 unspecified atom stereocenters. The second-order valence-corrected chi connectivity index (χ2v) is 9.33. The summed E-state index contributed by atoms with van der Waals surface area (Å²) in [5.74, 6) is 1.04. The van der Waals surface area contributed by atoms with Gasteiger partial charge in [0.2, 0.25) is 10.0 Å². The van der Waals surface area contributed by atoms with Crippen molar-refractivity contribution >= 4 is 15.7 Å². The van der Waals surface area contributed by atoms with E-state index in [0.29, 0.717) is 37.0 Å². The van der Waals surface area contributed by atoms with Gasteiger partial charge in [0, 0.05) is 6.07 Å². The van der Waals surface area contributed by atoms with Crippen molar-refractivity contribution in [2.75, 3.05) is 23.8 Å². The minimum atomic E-state index is -3.58. The molecule has 3 aromatic rings. The van der Waals surface area contributed by atoms with Crippen LogP contribution in [0.3, 0.4) is 0 Å². The van der Waals surface area contributed by atoms with Crippen LogP contribution in [0.25, 0.3) is 0 Å². The van der Waals surface area contributed by atoms with Crippen LogP contribution in [-0.2, 0) is 27.9 Å². The number of nitrogens with zero attached hydrogens (tertiary/aromatic N) is 1. The monoisotopic (exact) mass is 439 g/mol. The molecule has 1 aliphatic heterocycles. The third-order valence-electron chi connectivity index (χ3n) is 4.84. The largest absolute Gasteiger partial charge is 0.491 e. The summed E-state index contributed by atoms with van der Waals surface area (Å²) in [5.41, 5.74) is 2.31. The second kappa shape index (κ2) is 9.41. The molecule has 0 bridgehead atoms. The van der Waals surface area contributed by atoms with Gasteiger partial charge in [-0.3, -0.25) is 4.31 Å². The van der Waals surface area contributed by atoms with Crippen molar-refractivity contribution in [3.05, 3.63) is 90.0 Å². The van der Waals surface area contributed by atoms with Gasteiger partial charge < -0.3 is 14.2 Å². The Balaban J connectivity index is 1.65. The standard InChI is InChI=1S/C24H25NO5S/c1-31(26,27)25(15-19-8-4-2-5-9-19)23-14-21(28-17-22-18-29-22)12-13-24(23)30-16-20-10-6-3-7-11-20/h2-14,22H,15-18H2,1H3/t22-/m0/s1. The highest BCUT2D eigenvalue weighted by molar-refractivity contribution is 7.92. The van der Waals surface area contributed by atoms with Crippen LogP contribution in [0.4, 0.5) is 5.69 Å². The second-order valence-electron chi connectivity index (χ2n) is 7.43. The zero-order valence-electron chi connectivity index (χ0n) is 17.3. The van der Waals surface area contributed by atoms with Crippen molar-refractivity contribution in [2.45, 2.75) is 19.3 Å². The molecule has 0 aromatic heterocycles. The molecule has 0 aliphatic carbocycles. The summed E-state index contributed by atoms with van der Waals surface area (Å²) in [7, 11) is -3.58. The Kier molecular flexibility index (Phi) is 6.44. The molecular formula is C24H25NO5S. The van der Waals surface area contributed by atoms with Gasteiger partial charge in [-0.2, -0.15) is 0 Å². The van der Waals surface area contributed by atoms with Crippen molar-refractivity contribution in [1.29, 1.82) is 0 Å². The number of anilines is 1. The summed E-state index contributed by atoms with van der Waals surface area (Å²) in [6.07, 6.45) is 1.30. The normalized spacial score (nSPS) is 15.3. The zero-order chi connectivity index (χ0) is 21.7. The summed E-state index contributed by atoms with van der Waals surface area (Å²) in [4.78, 5) is 0. The average Bonchev–Trinajstić information content (AvgIpc) is 3.60. The minimum absolute atomic E-state index is 0.104. The molecule has 6 nitrogen and oxygen atoms in total. The van der Waals surface area contributed by atoms with Gasteiger partial charge in [-0.25, -0.2) is 8.42 Å². The van der Waals surface area contributed by atoms with Gasteiger partial charge in [0.25, 0.3) is 0 Å². The maximum Gasteiger partial charge on any atom is 0.232 e. The van der Waals surface area contributed by atoms with Gasteiger partial charge >= 0.3 is 0 Å². The van der Waals surface area contributed by atoms with Gasteiger partial charge in [0.1, 0.15) is 30.8 Å². The molecule has 1 saturated heterocycles. The van der Waals surface area contributed by atoms with E-state index < -0.39 is 10.0 Å². The van der Waals surface area contributed by atoms with Crippen LogP contribution in [0, 0.1) is 0 Å². The van der Waals surface area contributed by atoms with E-state index in [1.807, 2.05) is 60.7 Å². The number of hydrogen-bond acceptors (Lipinski definition) is 5. The number of epoxide rings is 1. The fourth-order valence-corrected chi connectivity index (χ4v) is 4.01. The number of sulfonamides is 1. The van der Waals surface area contributed by atoms with Crippen LogP contribution in [-0.4, -0.2) is 34.0 Å². The van der Waals surface area contributed by atoms with Gasteiger partial charge in [0.15, 0.2) is 0 Å². The SMILES string of the molecule is CS(=O)(=O)N(Cc1ccccc1)c1cc(OC[C@H]2CO2)ccc1OCc1ccccc1. The van der Waals surface area contributed by atoms with E-state index in [2.05, 4.69) is 0 Å². The Bertz CT molecular complexity index is 1100. The number of hydrogen-bond donors (Lipinski definition) is 0. The maximum absolute atomic E-state index is 12.8. The molecule has 0 radical (unpaired) electrons. The molecule has 4 rings (SSSR count). The van der Waals surface area contributed by atoms with Crippen LogP contribution in [0.5, 0.6) is 11.5 Å². The predicted octanol–water partition coefficient (Wildman–Crippen LogP) is 4.01. The highest BCUT2D eigenvalue weighted by atomic mass is 32.2. The fourth-order valence-electron chi connectivity index (χ4n) is 3.12. The Morgan fingerprint density at radius 1 is 0.935 bits per heavy atom. The molecule has 0 amide bonds. The van der Waals surface area contributed by atoms with E-state index in [0.717, 1.165) is 11.1 Å². The van der Waals surface area contributed by atoms with Gasteiger partial charge in [-0.1, -0.05) is 60.7 Å². The first kappa shape index (κ1) is 21.2. The van der Waals surface area contributed by atoms with E-state index in [4.69, 9.17) is 14.2 Å². The average molecular weight is 440 g/mol. The van der Waals surface area contributed by atoms with Crippen molar-refractivity contribution in [2.24, 2.45) is 0 Å². The lowest BCUT2D eigenvalue weighted by Crippen LogP contribution is -2.29. The van der Waals surface area contributed by atoms with Gasteiger partial charge in [0.05, 0.1) is 25.1 Å². The number of benzene rings is 3. The van der Waals surface area contributed by atoms with E-state index in [1.54, 1.807) is 18.2 Å². The number of rotatable bonds is 10. The van der Waals surface area contributed by atoms with Crippen molar-refractivity contribution < 1.29 is 22.6 Å². The molecule has 7 heteroatoms. The summed E-state index contributed by atoms with van der Waals surface area (Å²) in [6.45, 7) is 1.64. The third-order valence-corrected chi connectivity index (χ3v) is 5.97. The number of ether oxygens (including phenoxy) is 3. The molecule has 1 fully saturated rings. The molecule has 0 N–H and O–H groups in total. The predicted molar refractivity (Wildman–Crippen MR) is 120 cm³/mol. The molecule has 0 spiro atoms. The first-order valence-corrected chi connectivity index (χ1v) is 11.9. The first-order chi connectivity index (χ1) is 15.0. The van der Waals surface area contributed by atoms with Crippen molar-refractivity contribution in [3.63, 3.8) is 0 Å². The third kappa shape index (κ3) is 5.99. The quantitative estimate of drug-likeness (QED) is 0.447. The van der Waals surface area contributed by atoms with Gasteiger partial charge in [-0.15, -0.1) is 0 Å². The Hall–Kier alpha value is -3.03. The summed E-state index contributed by atoms with van der Waals surface area (Å²) in [5, 5.41) is 0. The molecule has 1 atom stereocenters. The minimum Gasteiger partial charge on any atom is -0.491 e. The van der Waals surface area contributed by atoms with E-state index >= 15 is 0 Å². The molecule has 3 aromatic carbocycles.